The number of nitrogens with one attached hydrogen (secondary N) is 1. The van der Waals surface area contributed by atoms with Gasteiger partial charge in [0.05, 0.1) is 12.4 Å². The molecule has 1 aromatic heterocycles. The predicted octanol–water partition coefficient (Wildman–Crippen LogP) is 3.72. The third kappa shape index (κ3) is 6.01. The highest BCUT2D eigenvalue weighted by Gasteiger charge is 2.26. The van der Waals surface area contributed by atoms with E-state index in [1.807, 2.05) is 24.8 Å². The number of nitrogens with zero attached hydrogens (tertiary/aromatic N) is 2. The summed E-state index contributed by atoms with van der Waals surface area (Å²) in [5.41, 5.74) is 4.28. The SMILES string of the molecule is NOC(CC/C=C(\C1CCCCC1)C(Cc1ccccc1)n1ccnc1)C(=O)NO. The van der Waals surface area contributed by atoms with E-state index in [1.54, 1.807) is 5.48 Å². The van der Waals surface area contributed by atoms with Crippen LogP contribution >= 0.6 is 0 Å². The smallest absolute Gasteiger partial charge is 0.274 e. The molecule has 1 heterocycles. The molecular weight excluding hydrogens is 380 g/mol. The molecule has 2 atom stereocenters. The van der Waals surface area contributed by atoms with Crippen molar-refractivity contribution in [1.82, 2.24) is 15.0 Å². The van der Waals surface area contributed by atoms with E-state index in [0.717, 1.165) is 6.42 Å². The second-order valence-corrected chi connectivity index (χ2v) is 7.93. The van der Waals surface area contributed by atoms with Crippen molar-refractivity contribution in [2.24, 2.45) is 11.8 Å². The van der Waals surface area contributed by atoms with Crippen LogP contribution in [0.25, 0.3) is 0 Å². The van der Waals surface area contributed by atoms with E-state index in [4.69, 9.17) is 15.9 Å². The Balaban J connectivity index is 1.86. The monoisotopic (exact) mass is 412 g/mol. The third-order valence-corrected chi connectivity index (χ3v) is 5.99. The fourth-order valence-corrected chi connectivity index (χ4v) is 4.43. The Kier molecular flexibility index (Phi) is 8.62. The third-order valence-electron chi connectivity index (χ3n) is 5.99. The first-order chi connectivity index (χ1) is 14.7. The van der Waals surface area contributed by atoms with Gasteiger partial charge in [-0.3, -0.25) is 14.8 Å². The number of nitrogens with two attached hydrogens (primary N) is 1. The van der Waals surface area contributed by atoms with Crippen molar-refractivity contribution in [1.29, 1.82) is 0 Å². The summed E-state index contributed by atoms with van der Waals surface area (Å²) in [5, 5.41) is 8.87. The van der Waals surface area contributed by atoms with Crippen LogP contribution < -0.4 is 11.4 Å². The molecular formula is C23H32N4O3. The number of benzene rings is 1. The second-order valence-electron chi connectivity index (χ2n) is 7.93. The molecule has 0 aliphatic heterocycles. The maximum absolute atomic E-state index is 11.7. The van der Waals surface area contributed by atoms with E-state index in [0.29, 0.717) is 18.8 Å². The Morgan fingerprint density at radius 3 is 2.70 bits per heavy atom. The van der Waals surface area contributed by atoms with Gasteiger partial charge in [-0.1, -0.05) is 55.7 Å². The van der Waals surface area contributed by atoms with Crippen LogP contribution in [0.15, 0.2) is 60.7 Å². The molecule has 4 N–H and O–H groups in total. The lowest BCUT2D eigenvalue weighted by atomic mass is 9.79. The molecule has 0 saturated heterocycles. The number of amides is 1. The normalized spacial score (nSPS) is 17.5. The van der Waals surface area contributed by atoms with Crippen LogP contribution in [-0.4, -0.2) is 26.8 Å². The standard InChI is InChI=1S/C23H32N4O3/c24-30-22(23(28)26-29)13-7-12-20(19-10-5-2-6-11-19)21(27-15-14-25-17-27)16-18-8-3-1-4-9-18/h1,3-4,8-9,12,14-15,17,19,21-22,29H,2,5-7,10-11,13,16,24H2,(H,26,28)/b20-12+. The van der Waals surface area contributed by atoms with Gasteiger partial charge in [-0.05, 0) is 49.2 Å². The first-order valence-electron chi connectivity index (χ1n) is 10.7. The first-order valence-corrected chi connectivity index (χ1v) is 10.7. The van der Waals surface area contributed by atoms with Crippen molar-refractivity contribution in [2.45, 2.75) is 63.5 Å². The summed E-state index contributed by atoms with van der Waals surface area (Å²) in [6, 6.07) is 10.7. The van der Waals surface area contributed by atoms with Gasteiger partial charge in [-0.15, -0.1) is 0 Å². The van der Waals surface area contributed by atoms with Gasteiger partial charge in [-0.2, -0.15) is 0 Å². The van der Waals surface area contributed by atoms with Crippen molar-refractivity contribution in [3.63, 3.8) is 0 Å². The number of hydroxylamine groups is 1. The highest BCUT2D eigenvalue weighted by Crippen LogP contribution is 2.37. The highest BCUT2D eigenvalue weighted by atomic mass is 16.6. The number of allylic oxidation sites excluding steroid dienone is 2. The Labute approximate surface area is 177 Å². The molecule has 0 spiro atoms. The van der Waals surface area contributed by atoms with Gasteiger partial charge in [0.1, 0.15) is 0 Å². The number of imidazole rings is 1. The van der Waals surface area contributed by atoms with Gasteiger partial charge in [-0.25, -0.2) is 16.4 Å². The van der Waals surface area contributed by atoms with Crippen LogP contribution in [0.1, 0.15) is 56.6 Å². The van der Waals surface area contributed by atoms with Gasteiger partial charge >= 0.3 is 0 Å². The molecule has 2 unspecified atom stereocenters. The van der Waals surface area contributed by atoms with Crippen LogP contribution in [0.4, 0.5) is 0 Å². The number of carbonyl (C=O) groups excluding carboxylic acids is 1. The van der Waals surface area contributed by atoms with Crippen molar-refractivity contribution >= 4 is 5.91 Å². The summed E-state index contributed by atoms with van der Waals surface area (Å²) >= 11 is 0. The van der Waals surface area contributed by atoms with E-state index in [2.05, 4.69) is 39.9 Å². The first kappa shape index (κ1) is 22.2. The zero-order chi connectivity index (χ0) is 21.2. The largest absolute Gasteiger partial charge is 0.330 e. The number of hydrogen-bond donors (Lipinski definition) is 3. The fourth-order valence-electron chi connectivity index (χ4n) is 4.43. The lowest BCUT2D eigenvalue weighted by Gasteiger charge is -2.31. The minimum absolute atomic E-state index is 0.168. The van der Waals surface area contributed by atoms with Crippen molar-refractivity contribution < 1.29 is 14.8 Å². The molecule has 1 amide bonds. The molecule has 0 radical (unpaired) electrons. The molecule has 1 saturated carbocycles. The lowest BCUT2D eigenvalue weighted by Crippen LogP contribution is -2.36. The maximum Gasteiger partial charge on any atom is 0.274 e. The number of rotatable bonds is 10. The van der Waals surface area contributed by atoms with Gasteiger partial charge in [0, 0.05) is 12.4 Å². The molecule has 7 nitrogen and oxygen atoms in total. The molecule has 1 aromatic carbocycles. The van der Waals surface area contributed by atoms with Gasteiger partial charge < -0.3 is 4.57 Å². The van der Waals surface area contributed by atoms with Gasteiger partial charge in [0.15, 0.2) is 6.10 Å². The summed E-state index contributed by atoms with van der Waals surface area (Å²) < 4.78 is 2.19. The Morgan fingerprint density at radius 2 is 2.07 bits per heavy atom. The van der Waals surface area contributed by atoms with E-state index >= 15 is 0 Å². The quantitative estimate of drug-likeness (QED) is 0.314. The maximum atomic E-state index is 11.7. The molecule has 162 valence electrons. The zero-order valence-corrected chi connectivity index (χ0v) is 17.3. The van der Waals surface area contributed by atoms with Gasteiger partial charge in [0.25, 0.3) is 5.91 Å². The summed E-state index contributed by atoms with van der Waals surface area (Å²) in [4.78, 5) is 20.7. The Morgan fingerprint density at radius 1 is 1.30 bits per heavy atom. The van der Waals surface area contributed by atoms with Crippen LogP contribution in [0.3, 0.4) is 0 Å². The highest BCUT2D eigenvalue weighted by molar-refractivity contribution is 5.79. The average molecular weight is 413 g/mol. The van der Waals surface area contributed by atoms with Crippen LogP contribution in [0.5, 0.6) is 0 Å². The Hall–Kier alpha value is -2.48. The van der Waals surface area contributed by atoms with Crippen LogP contribution in [-0.2, 0) is 16.1 Å². The van der Waals surface area contributed by atoms with E-state index in [9.17, 15) is 4.79 Å². The van der Waals surface area contributed by atoms with Crippen LogP contribution in [0, 0.1) is 5.92 Å². The van der Waals surface area contributed by atoms with E-state index in [1.165, 1.54) is 43.2 Å². The minimum Gasteiger partial charge on any atom is -0.330 e. The number of hydrogen-bond acceptors (Lipinski definition) is 5. The summed E-state index contributed by atoms with van der Waals surface area (Å²) in [5.74, 6) is 5.13. The van der Waals surface area contributed by atoms with Crippen molar-refractivity contribution in [2.75, 3.05) is 0 Å². The lowest BCUT2D eigenvalue weighted by molar-refractivity contribution is -0.142. The Bertz CT molecular complexity index is 786. The van der Waals surface area contributed by atoms with Gasteiger partial charge in [0.2, 0.25) is 0 Å². The molecule has 3 rings (SSSR count). The predicted molar refractivity (Wildman–Crippen MR) is 114 cm³/mol. The summed E-state index contributed by atoms with van der Waals surface area (Å²) in [6.07, 6.45) is 15.2. The summed E-state index contributed by atoms with van der Waals surface area (Å²) in [7, 11) is 0. The average Bonchev–Trinajstić information content (AvgIpc) is 3.34. The van der Waals surface area contributed by atoms with E-state index < -0.39 is 12.0 Å². The topological polar surface area (TPSA) is 102 Å². The number of aromatic nitrogens is 2. The van der Waals surface area contributed by atoms with E-state index in [-0.39, 0.29) is 6.04 Å². The minimum atomic E-state index is -0.875. The molecule has 0 bridgehead atoms. The van der Waals surface area contributed by atoms with Crippen LogP contribution in [0.2, 0.25) is 0 Å². The fraction of sp³-hybridized carbons (Fsp3) is 0.478. The summed E-state index contributed by atoms with van der Waals surface area (Å²) in [6.45, 7) is 0. The molecule has 30 heavy (non-hydrogen) atoms. The van der Waals surface area contributed by atoms with Crippen molar-refractivity contribution in [3.05, 3.63) is 66.3 Å². The zero-order valence-electron chi connectivity index (χ0n) is 17.3. The molecule has 2 aromatic rings. The molecule has 1 fully saturated rings. The molecule has 1 aliphatic rings. The molecule has 1 aliphatic carbocycles. The van der Waals surface area contributed by atoms with Crippen molar-refractivity contribution in [3.8, 4) is 0 Å². The number of carbonyl (C=O) groups is 1. The molecule has 7 heteroatoms. The second kappa shape index (κ2) is 11.6.